The van der Waals surface area contributed by atoms with Crippen molar-refractivity contribution in [3.05, 3.63) is 34.9 Å². The zero-order valence-electron chi connectivity index (χ0n) is 15.8. The zero-order chi connectivity index (χ0) is 17.6. The minimum Gasteiger partial charge on any atom is -0.273 e. The number of benzene rings is 1. The summed E-state index contributed by atoms with van der Waals surface area (Å²) in [6, 6.07) is 6.33. The van der Waals surface area contributed by atoms with Gasteiger partial charge in [0.15, 0.2) is 0 Å². The first-order valence-electron chi connectivity index (χ1n) is 9.83. The van der Waals surface area contributed by atoms with E-state index in [9.17, 15) is 4.79 Å². The summed E-state index contributed by atoms with van der Waals surface area (Å²) in [6.45, 7) is 6.19. The number of hydrazone groups is 1. The molecule has 0 radical (unpaired) electrons. The molecule has 1 amide bonds. The van der Waals surface area contributed by atoms with E-state index in [2.05, 4.69) is 42.6 Å². The Hall–Kier alpha value is -1.64. The fourth-order valence-electron chi connectivity index (χ4n) is 6.06. The molecule has 0 aliphatic heterocycles. The lowest BCUT2D eigenvalue weighted by atomic mass is 9.49. The normalized spacial score (nSPS) is 33.6. The van der Waals surface area contributed by atoms with Gasteiger partial charge >= 0.3 is 0 Å². The molecule has 1 N–H and O–H groups in total. The van der Waals surface area contributed by atoms with Crippen LogP contribution in [0.3, 0.4) is 0 Å². The molecule has 4 saturated carbocycles. The van der Waals surface area contributed by atoms with Crippen molar-refractivity contribution in [2.75, 3.05) is 0 Å². The Morgan fingerprint density at radius 1 is 1.08 bits per heavy atom. The molecule has 3 nitrogen and oxygen atoms in total. The molecule has 0 saturated heterocycles. The minimum atomic E-state index is 0.102. The third-order valence-electron chi connectivity index (χ3n) is 6.97. The number of rotatable bonds is 4. The van der Waals surface area contributed by atoms with Crippen LogP contribution in [0, 0.1) is 37.0 Å². The van der Waals surface area contributed by atoms with Crippen LogP contribution in [0.25, 0.3) is 0 Å². The van der Waals surface area contributed by atoms with Crippen molar-refractivity contribution in [2.45, 2.75) is 65.7 Å². The van der Waals surface area contributed by atoms with E-state index in [1.54, 1.807) is 0 Å². The Morgan fingerprint density at radius 3 is 2.24 bits per heavy atom. The summed E-state index contributed by atoms with van der Waals surface area (Å²) in [6.07, 6.45) is 8.74. The Labute approximate surface area is 151 Å². The maximum atomic E-state index is 12.6. The van der Waals surface area contributed by atoms with Crippen molar-refractivity contribution >= 4 is 11.6 Å². The molecule has 1 aromatic rings. The van der Waals surface area contributed by atoms with Gasteiger partial charge in [-0.3, -0.25) is 4.79 Å². The van der Waals surface area contributed by atoms with E-state index >= 15 is 0 Å². The van der Waals surface area contributed by atoms with E-state index in [4.69, 9.17) is 0 Å². The van der Waals surface area contributed by atoms with E-state index in [1.165, 1.54) is 49.7 Å². The highest BCUT2D eigenvalue weighted by atomic mass is 16.2. The summed E-state index contributed by atoms with van der Waals surface area (Å²) in [5, 5.41) is 4.38. The van der Waals surface area contributed by atoms with Crippen molar-refractivity contribution in [3.8, 4) is 0 Å². The summed E-state index contributed by atoms with van der Waals surface area (Å²) in [4.78, 5) is 12.6. The fraction of sp³-hybridized carbons (Fsp3) is 0.636. The average molecular weight is 338 g/mol. The number of nitrogens with one attached hydrogen (secondary N) is 1. The van der Waals surface area contributed by atoms with Gasteiger partial charge in [-0.15, -0.1) is 0 Å². The van der Waals surface area contributed by atoms with E-state index in [1.807, 2.05) is 6.92 Å². The van der Waals surface area contributed by atoms with Gasteiger partial charge in [-0.1, -0.05) is 12.1 Å². The molecule has 0 spiro atoms. The van der Waals surface area contributed by atoms with Crippen LogP contribution in [0.15, 0.2) is 23.3 Å². The van der Waals surface area contributed by atoms with Gasteiger partial charge in [0.2, 0.25) is 5.91 Å². The molecule has 0 atom stereocenters. The second-order valence-corrected chi connectivity index (χ2v) is 9.13. The lowest BCUT2D eigenvalue weighted by Crippen LogP contribution is -2.47. The van der Waals surface area contributed by atoms with Crippen molar-refractivity contribution in [1.82, 2.24) is 5.43 Å². The van der Waals surface area contributed by atoms with Crippen molar-refractivity contribution in [3.63, 3.8) is 0 Å². The molecule has 1 aromatic carbocycles. The summed E-state index contributed by atoms with van der Waals surface area (Å²) in [7, 11) is 0. The molecule has 134 valence electrons. The Kier molecular flexibility index (Phi) is 4.21. The topological polar surface area (TPSA) is 41.5 Å². The highest BCUT2D eigenvalue weighted by Gasteiger charge is 2.51. The third kappa shape index (κ3) is 3.38. The number of nitrogens with zero attached hydrogens (tertiary/aromatic N) is 1. The Balaban J connectivity index is 1.40. The van der Waals surface area contributed by atoms with E-state index < -0.39 is 0 Å². The van der Waals surface area contributed by atoms with Crippen LogP contribution in [-0.4, -0.2) is 11.6 Å². The molecule has 0 unspecified atom stereocenters. The van der Waals surface area contributed by atoms with Gasteiger partial charge in [-0.2, -0.15) is 5.10 Å². The number of hydrogen-bond acceptors (Lipinski definition) is 2. The van der Waals surface area contributed by atoms with Crippen LogP contribution < -0.4 is 5.43 Å². The largest absolute Gasteiger partial charge is 0.273 e. The molecule has 0 aromatic heterocycles. The maximum Gasteiger partial charge on any atom is 0.240 e. The van der Waals surface area contributed by atoms with Crippen molar-refractivity contribution in [2.24, 2.45) is 28.3 Å². The summed E-state index contributed by atoms with van der Waals surface area (Å²) >= 11 is 0. The van der Waals surface area contributed by atoms with Crippen LogP contribution in [0.5, 0.6) is 0 Å². The monoisotopic (exact) mass is 338 g/mol. The van der Waals surface area contributed by atoms with Gasteiger partial charge in [0.1, 0.15) is 0 Å². The maximum absolute atomic E-state index is 12.6. The summed E-state index contributed by atoms with van der Waals surface area (Å²) in [5.41, 5.74) is 7.61. The van der Waals surface area contributed by atoms with Gasteiger partial charge in [0.05, 0.1) is 5.71 Å². The number of amides is 1. The smallest absolute Gasteiger partial charge is 0.240 e. The predicted octanol–water partition coefficient (Wildman–Crippen LogP) is 4.75. The van der Waals surface area contributed by atoms with Crippen LogP contribution in [0.4, 0.5) is 0 Å². The second kappa shape index (κ2) is 6.26. The van der Waals surface area contributed by atoms with Gasteiger partial charge in [-0.25, -0.2) is 5.43 Å². The molecule has 3 heteroatoms. The van der Waals surface area contributed by atoms with Gasteiger partial charge in [-0.05, 0) is 105 Å². The Morgan fingerprint density at radius 2 is 1.68 bits per heavy atom. The molecule has 4 bridgehead atoms. The SMILES string of the molecule is C/C(=N/NC(=O)CC12CC3CC(CC(C3)C1)C2)c1ccc(C)c(C)c1. The van der Waals surface area contributed by atoms with Crippen LogP contribution in [0.2, 0.25) is 0 Å². The van der Waals surface area contributed by atoms with Gasteiger partial charge in [0.25, 0.3) is 0 Å². The molecular weight excluding hydrogens is 308 g/mol. The number of aryl methyl sites for hydroxylation is 2. The molecule has 5 rings (SSSR count). The van der Waals surface area contributed by atoms with Crippen molar-refractivity contribution < 1.29 is 4.79 Å². The second-order valence-electron chi connectivity index (χ2n) is 9.13. The lowest BCUT2D eigenvalue weighted by Gasteiger charge is -2.56. The number of carbonyl (C=O) groups is 1. The molecule has 4 fully saturated rings. The summed E-state index contributed by atoms with van der Waals surface area (Å²) in [5.74, 6) is 2.77. The number of carbonyl (C=O) groups excluding carboxylic acids is 1. The molecular formula is C22H30N2O. The summed E-state index contributed by atoms with van der Waals surface area (Å²) < 4.78 is 0. The highest BCUT2D eigenvalue weighted by Crippen LogP contribution is 2.61. The molecule has 25 heavy (non-hydrogen) atoms. The standard InChI is InChI=1S/C22H30N2O/c1-14-4-5-20(6-15(14)2)16(3)23-24-21(25)13-22-10-17-7-18(11-22)9-19(8-17)12-22/h4-6,17-19H,7-13H2,1-3H3,(H,24,25)/b23-16-. The number of hydrogen-bond donors (Lipinski definition) is 1. The van der Waals surface area contributed by atoms with Crippen LogP contribution in [-0.2, 0) is 4.79 Å². The Bertz CT molecular complexity index is 683. The van der Waals surface area contributed by atoms with Crippen LogP contribution >= 0.6 is 0 Å². The molecule has 0 heterocycles. The zero-order valence-corrected chi connectivity index (χ0v) is 15.8. The van der Waals surface area contributed by atoms with E-state index in [0.717, 1.165) is 29.0 Å². The van der Waals surface area contributed by atoms with E-state index in [-0.39, 0.29) is 11.3 Å². The molecule has 4 aliphatic carbocycles. The quantitative estimate of drug-likeness (QED) is 0.625. The van der Waals surface area contributed by atoms with Gasteiger partial charge in [0, 0.05) is 6.42 Å². The first kappa shape index (κ1) is 16.8. The molecule has 4 aliphatic rings. The third-order valence-corrected chi connectivity index (χ3v) is 6.97. The predicted molar refractivity (Wildman–Crippen MR) is 101 cm³/mol. The first-order valence-corrected chi connectivity index (χ1v) is 9.83. The minimum absolute atomic E-state index is 0.102. The van der Waals surface area contributed by atoms with Gasteiger partial charge < -0.3 is 0 Å². The van der Waals surface area contributed by atoms with Crippen LogP contribution in [0.1, 0.15) is 68.6 Å². The van der Waals surface area contributed by atoms with E-state index in [0.29, 0.717) is 6.42 Å². The first-order chi connectivity index (χ1) is 11.9. The fourth-order valence-corrected chi connectivity index (χ4v) is 6.06. The average Bonchev–Trinajstić information content (AvgIpc) is 2.53. The lowest BCUT2D eigenvalue weighted by molar-refractivity contribution is -0.129. The van der Waals surface area contributed by atoms with Crippen molar-refractivity contribution in [1.29, 1.82) is 0 Å². The highest BCUT2D eigenvalue weighted by molar-refractivity contribution is 5.99.